The van der Waals surface area contributed by atoms with Gasteiger partial charge in [0, 0.05) is 7.05 Å². The Kier molecular flexibility index (Phi) is 4.46. The number of nitriles is 1. The van der Waals surface area contributed by atoms with Crippen molar-refractivity contribution in [2.24, 2.45) is 7.05 Å². The van der Waals surface area contributed by atoms with Gasteiger partial charge in [0.25, 0.3) is 11.5 Å². The van der Waals surface area contributed by atoms with E-state index in [4.69, 9.17) is 0 Å². The summed E-state index contributed by atoms with van der Waals surface area (Å²) < 4.78 is 1.40. The molecule has 8 heteroatoms. The highest BCUT2D eigenvalue weighted by Crippen LogP contribution is 2.36. The predicted molar refractivity (Wildman–Crippen MR) is 105 cm³/mol. The number of anilines is 1. The molecule has 1 N–H and O–H groups in total. The maximum Gasteiger partial charge on any atom is 0.266 e. The molecule has 3 aromatic rings. The van der Waals surface area contributed by atoms with Gasteiger partial charge in [-0.05, 0) is 28.8 Å². The quantitative estimate of drug-likeness (QED) is 0.726. The third-order valence-corrected chi connectivity index (χ3v) is 6.25. The van der Waals surface area contributed by atoms with Gasteiger partial charge in [-0.1, -0.05) is 20.8 Å². The van der Waals surface area contributed by atoms with Crippen LogP contribution in [0.4, 0.5) is 5.00 Å². The van der Waals surface area contributed by atoms with Gasteiger partial charge in [0.05, 0.1) is 22.2 Å². The number of amides is 1. The first-order valence-electron chi connectivity index (χ1n) is 7.93. The van der Waals surface area contributed by atoms with Crippen molar-refractivity contribution in [2.75, 3.05) is 5.32 Å². The Bertz CT molecular complexity index is 1120. The fraction of sp³-hybridized carbons (Fsp3) is 0.333. The van der Waals surface area contributed by atoms with Gasteiger partial charge >= 0.3 is 0 Å². The molecule has 3 heterocycles. The molecule has 0 atom stereocenters. The van der Waals surface area contributed by atoms with Crippen LogP contribution in [-0.2, 0) is 12.5 Å². The van der Waals surface area contributed by atoms with E-state index in [1.54, 1.807) is 14.0 Å². The Morgan fingerprint density at radius 1 is 1.38 bits per heavy atom. The van der Waals surface area contributed by atoms with Crippen LogP contribution >= 0.6 is 22.7 Å². The van der Waals surface area contributed by atoms with Gasteiger partial charge < -0.3 is 9.88 Å². The number of hydrogen-bond donors (Lipinski definition) is 1. The zero-order valence-corrected chi connectivity index (χ0v) is 16.8. The molecule has 0 radical (unpaired) electrons. The van der Waals surface area contributed by atoms with E-state index in [2.05, 4.69) is 16.4 Å². The molecule has 0 aliphatic heterocycles. The van der Waals surface area contributed by atoms with Gasteiger partial charge in [-0.15, -0.1) is 22.7 Å². The van der Waals surface area contributed by atoms with Crippen LogP contribution in [0.2, 0.25) is 0 Å². The maximum absolute atomic E-state index is 12.8. The molecule has 0 saturated heterocycles. The second-order valence-electron chi connectivity index (χ2n) is 7.07. The molecule has 0 spiro atoms. The van der Waals surface area contributed by atoms with Crippen LogP contribution in [0.3, 0.4) is 0 Å². The molecule has 3 aromatic heterocycles. The number of carbonyl (C=O) groups excluding carboxylic acids is 1. The molecule has 0 fully saturated rings. The largest absolute Gasteiger partial charge is 0.312 e. The zero-order valence-electron chi connectivity index (χ0n) is 15.1. The highest BCUT2D eigenvalue weighted by Gasteiger charge is 2.25. The Hall–Kier alpha value is -2.50. The Morgan fingerprint density at radius 2 is 2.08 bits per heavy atom. The van der Waals surface area contributed by atoms with Gasteiger partial charge in [-0.2, -0.15) is 5.26 Å². The molecule has 134 valence electrons. The molecule has 0 aliphatic rings. The van der Waals surface area contributed by atoms with Gasteiger partial charge in [-0.3, -0.25) is 9.59 Å². The topological polar surface area (TPSA) is 87.8 Å². The van der Waals surface area contributed by atoms with E-state index in [0.29, 0.717) is 31.2 Å². The molecule has 0 bridgehead atoms. The van der Waals surface area contributed by atoms with Crippen molar-refractivity contribution < 1.29 is 4.79 Å². The molecule has 1 amide bonds. The maximum atomic E-state index is 12.8. The van der Waals surface area contributed by atoms with E-state index < -0.39 is 0 Å². The van der Waals surface area contributed by atoms with E-state index in [0.717, 1.165) is 5.56 Å². The van der Waals surface area contributed by atoms with Crippen LogP contribution in [-0.4, -0.2) is 15.5 Å². The van der Waals surface area contributed by atoms with E-state index in [1.165, 1.54) is 33.6 Å². The van der Waals surface area contributed by atoms with Crippen molar-refractivity contribution in [3.63, 3.8) is 0 Å². The number of fused-ring (bicyclic) bond motifs is 1. The summed E-state index contributed by atoms with van der Waals surface area (Å²) in [4.78, 5) is 30.3. The highest BCUT2D eigenvalue weighted by molar-refractivity contribution is 7.21. The first-order chi connectivity index (χ1) is 12.1. The van der Waals surface area contributed by atoms with E-state index in [1.807, 2.05) is 26.2 Å². The van der Waals surface area contributed by atoms with Crippen LogP contribution in [0.25, 0.3) is 10.2 Å². The minimum Gasteiger partial charge on any atom is -0.312 e. The number of hydrogen-bond acceptors (Lipinski definition) is 6. The highest BCUT2D eigenvalue weighted by atomic mass is 32.1. The van der Waals surface area contributed by atoms with E-state index >= 15 is 0 Å². The fourth-order valence-electron chi connectivity index (χ4n) is 2.70. The normalized spacial score (nSPS) is 11.5. The van der Waals surface area contributed by atoms with Gasteiger partial charge in [0.1, 0.15) is 15.9 Å². The summed E-state index contributed by atoms with van der Waals surface area (Å²) in [6.07, 6.45) is 1.45. The smallest absolute Gasteiger partial charge is 0.266 e. The van der Waals surface area contributed by atoms with Crippen LogP contribution < -0.4 is 10.9 Å². The monoisotopic (exact) mass is 386 g/mol. The number of nitrogens with zero attached hydrogens (tertiary/aromatic N) is 3. The number of aromatic nitrogens is 2. The molecular formula is C18H18N4O2S2. The fourth-order valence-corrected chi connectivity index (χ4v) is 4.86. The van der Waals surface area contributed by atoms with Gasteiger partial charge in [-0.25, -0.2) is 4.98 Å². The molecule has 26 heavy (non-hydrogen) atoms. The van der Waals surface area contributed by atoms with E-state index in [-0.39, 0.29) is 16.9 Å². The number of thiophene rings is 2. The number of aryl methyl sites for hydroxylation is 2. The lowest BCUT2D eigenvalue weighted by atomic mass is 9.86. The molecule has 0 aromatic carbocycles. The standard InChI is InChI=1S/C18H18N4O2S2/c1-9-12-16(20-8-22(5)17(12)24)26-13(9)14(23)21-15-10(6-19)11(7-25-15)18(2,3)4/h7-8H,1-5H3,(H,21,23). The minimum atomic E-state index is -0.327. The molecule has 3 rings (SSSR count). The third kappa shape index (κ3) is 2.93. The zero-order chi connectivity index (χ0) is 19.2. The van der Waals surface area contributed by atoms with Crippen molar-refractivity contribution in [3.05, 3.63) is 43.6 Å². The third-order valence-electron chi connectivity index (χ3n) is 4.15. The van der Waals surface area contributed by atoms with Crippen LogP contribution in [0, 0.1) is 18.3 Å². The van der Waals surface area contributed by atoms with Crippen molar-refractivity contribution in [3.8, 4) is 6.07 Å². The first kappa shape index (κ1) is 18.3. The van der Waals surface area contributed by atoms with Crippen LogP contribution in [0.1, 0.15) is 47.1 Å². The average Bonchev–Trinajstić information content (AvgIpc) is 3.12. The minimum absolute atomic E-state index is 0.174. The summed E-state index contributed by atoms with van der Waals surface area (Å²) in [5, 5.41) is 15.3. The average molecular weight is 387 g/mol. The molecule has 0 unspecified atom stereocenters. The van der Waals surface area contributed by atoms with Crippen molar-refractivity contribution >= 4 is 43.8 Å². The predicted octanol–water partition coefficient (Wildman–Crippen LogP) is 3.79. The van der Waals surface area contributed by atoms with Crippen LogP contribution in [0.15, 0.2) is 16.5 Å². The number of nitrogens with one attached hydrogen (secondary N) is 1. The Balaban J connectivity index is 2.03. The number of carbonyl (C=O) groups is 1. The second kappa shape index (κ2) is 6.34. The Morgan fingerprint density at radius 3 is 2.69 bits per heavy atom. The van der Waals surface area contributed by atoms with E-state index in [9.17, 15) is 14.9 Å². The summed E-state index contributed by atoms with van der Waals surface area (Å²) in [6.45, 7) is 7.83. The van der Waals surface area contributed by atoms with Crippen molar-refractivity contribution in [1.82, 2.24) is 9.55 Å². The van der Waals surface area contributed by atoms with Gasteiger partial charge in [0.2, 0.25) is 0 Å². The van der Waals surface area contributed by atoms with Gasteiger partial charge in [0.15, 0.2) is 0 Å². The molecular weight excluding hydrogens is 368 g/mol. The lowest BCUT2D eigenvalue weighted by Crippen LogP contribution is -2.17. The number of rotatable bonds is 2. The first-order valence-corrected chi connectivity index (χ1v) is 9.63. The SMILES string of the molecule is Cc1c(C(=O)Nc2scc(C(C)(C)C)c2C#N)sc2ncn(C)c(=O)c12. The molecule has 0 saturated carbocycles. The second-order valence-corrected chi connectivity index (χ2v) is 8.95. The van der Waals surface area contributed by atoms with Crippen molar-refractivity contribution in [1.29, 1.82) is 5.26 Å². The summed E-state index contributed by atoms with van der Waals surface area (Å²) >= 11 is 2.52. The van der Waals surface area contributed by atoms with Crippen molar-refractivity contribution in [2.45, 2.75) is 33.1 Å². The Labute approximate surface area is 158 Å². The summed E-state index contributed by atoms with van der Waals surface area (Å²) in [7, 11) is 1.63. The lowest BCUT2D eigenvalue weighted by Gasteiger charge is -2.17. The summed E-state index contributed by atoms with van der Waals surface area (Å²) in [5.41, 5.74) is 1.65. The molecule has 0 aliphatic carbocycles. The van der Waals surface area contributed by atoms with Crippen LogP contribution in [0.5, 0.6) is 0 Å². The summed E-state index contributed by atoms with van der Waals surface area (Å²) in [6, 6.07) is 2.20. The molecule has 6 nitrogen and oxygen atoms in total. The lowest BCUT2D eigenvalue weighted by molar-refractivity contribution is 0.103. The summed E-state index contributed by atoms with van der Waals surface area (Å²) in [5.74, 6) is -0.327.